The van der Waals surface area contributed by atoms with Crippen LogP contribution in [0.4, 0.5) is 8.78 Å². The number of alkyl halides is 2. The summed E-state index contributed by atoms with van der Waals surface area (Å²) in [6.45, 7) is -0.599. The molecule has 0 radical (unpaired) electrons. The summed E-state index contributed by atoms with van der Waals surface area (Å²) in [6, 6.07) is 0. The van der Waals surface area contributed by atoms with Gasteiger partial charge in [-0.3, -0.25) is 4.99 Å². The van der Waals surface area contributed by atoms with Crippen LogP contribution in [-0.2, 0) is 9.53 Å². The Kier molecular flexibility index (Phi) is 6.26. The van der Waals surface area contributed by atoms with E-state index in [1.54, 1.807) is 0 Å². The third-order valence-corrected chi connectivity index (χ3v) is 1.24. The van der Waals surface area contributed by atoms with E-state index in [0.29, 0.717) is 0 Å². The van der Waals surface area contributed by atoms with Crippen molar-refractivity contribution in [3.05, 3.63) is 11.8 Å². The Labute approximate surface area is 80.7 Å². The summed E-state index contributed by atoms with van der Waals surface area (Å²) in [5.74, 6) is -0.703. The predicted octanol–water partition coefficient (Wildman–Crippen LogP) is 0.599. The molecule has 0 bridgehead atoms. The van der Waals surface area contributed by atoms with Gasteiger partial charge in [-0.25, -0.2) is 13.6 Å². The second kappa shape index (κ2) is 6.99. The number of hydrogen-bond acceptors (Lipinski definition) is 4. The molecule has 0 heterocycles. The molecular formula is C8H12F2N2O2. The number of aliphatic imine (C=N–C) groups is 1. The average Bonchev–Trinajstić information content (AvgIpc) is 2.16. The van der Waals surface area contributed by atoms with Gasteiger partial charge in [0.1, 0.15) is 5.70 Å². The van der Waals surface area contributed by atoms with Crippen LogP contribution in [0.3, 0.4) is 0 Å². The zero-order chi connectivity index (χ0) is 11.0. The Balaban J connectivity index is 4.33. The van der Waals surface area contributed by atoms with E-state index in [0.717, 1.165) is 0 Å². The van der Waals surface area contributed by atoms with Gasteiger partial charge in [-0.15, -0.1) is 0 Å². The van der Waals surface area contributed by atoms with Crippen LogP contribution in [0.1, 0.15) is 0 Å². The van der Waals surface area contributed by atoms with Gasteiger partial charge in [-0.1, -0.05) is 0 Å². The first-order chi connectivity index (χ1) is 6.61. The third-order valence-electron chi connectivity index (χ3n) is 1.24. The Morgan fingerprint density at radius 3 is 2.71 bits per heavy atom. The Morgan fingerprint density at radius 2 is 2.29 bits per heavy atom. The van der Waals surface area contributed by atoms with Crippen molar-refractivity contribution < 1.29 is 18.3 Å². The van der Waals surface area contributed by atoms with Crippen molar-refractivity contribution in [2.75, 3.05) is 20.7 Å². The van der Waals surface area contributed by atoms with Crippen molar-refractivity contribution in [1.29, 1.82) is 0 Å². The number of hydrogen-bond donors (Lipinski definition) is 1. The fourth-order valence-corrected chi connectivity index (χ4v) is 0.645. The fourth-order valence-electron chi connectivity index (χ4n) is 0.645. The number of nitrogens with zero attached hydrogens (tertiary/aromatic N) is 1. The van der Waals surface area contributed by atoms with E-state index in [2.05, 4.69) is 15.0 Å². The third kappa shape index (κ3) is 5.23. The van der Waals surface area contributed by atoms with Gasteiger partial charge in [-0.2, -0.15) is 0 Å². The first-order valence-electron chi connectivity index (χ1n) is 3.84. The molecule has 0 unspecified atom stereocenters. The van der Waals surface area contributed by atoms with Gasteiger partial charge in [0.15, 0.2) is 0 Å². The van der Waals surface area contributed by atoms with E-state index >= 15 is 0 Å². The fraction of sp³-hybridized carbons (Fsp3) is 0.500. The van der Waals surface area contributed by atoms with Crippen LogP contribution >= 0.6 is 0 Å². The molecule has 0 aromatic carbocycles. The number of carbonyl (C=O) groups excluding carboxylic acids is 1. The van der Waals surface area contributed by atoms with Crippen LogP contribution < -0.4 is 5.32 Å². The van der Waals surface area contributed by atoms with E-state index in [1.165, 1.54) is 26.4 Å². The molecule has 0 aliphatic heterocycles. The molecule has 80 valence electrons. The minimum Gasteiger partial charge on any atom is -0.464 e. The highest BCUT2D eigenvalue weighted by Gasteiger charge is 2.10. The average molecular weight is 206 g/mol. The van der Waals surface area contributed by atoms with E-state index in [1.807, 2.05) is 0 Å². The van der Waals surface area contributed by atoms with Gasteiger partial charge in [0.05, 0.1) is 13.7 Å². The molecule has 0 amide bonds. The number of carbonyl (C=O) groups is 1. The number of ether oxygens (including phenoxy) is 1. The van der Waals surface area contributed by atoms with Crippen LogP contribution in [0.2, 0.25) is 0 Å². The molecule has 0 fully saturated rings. The Hall–Kier alpha value is -1.46. The summed E-state index contributed by atoms with van der Waals surface area (Å²) < 4.78 is 28.0. The second-order valence-electron chi connectivity index (χ2n) is 2.25. The van der Waals surface area contributed by atoms with Crippen molar-refractivity contribution in [2.24, 2.45) is 4.99 Å². The topological polar surface area (TPSA) is 50.7 Å². The minimum atomic E-state index is -2.53. The Bertz CT molecular complexity index is 239. The molecule has 0 aliphatic rings. The summed E-state index contributed by atoms with van der Waals surface area (Å²) >= 11 is 0. The summed E-state index contributed by atoms with van der Waals surface area (Å²) in [6.07, 6.45) is 0.0560. The molecule has 0 rings (SSSR count). The number of methoxy groups -OCH3 is 1. The van der Waals surface area contributed by atoms with Gasteiger partial charge in [-0.05, 0) is 6.08 Å². The molecule has 0 aromatic rings. The summed E-state index contributed by atoms with van der Waals surface area (Å²) in [4.78, 5) is 14.6. The smallest absolute Gasteiger partial charge is 0.354 e. The first kappa shape index (κ1) is 12.5. The van der Waals surface area contributed by atoms with E-state index in [-0.39, 0.29) is 5.70 Å². The zero-order valence-corrected chi connectivity index (χ0v) is 7.96. The summed E-state index contributed by atoms with van der Waals surface area (Å²) in [5.41, 5.74) is -0.0431. The molecule has 0 aliphatic carbocycles. The minimum absolute atomic E-state index is 0.0431. The lowest BCUT2D eigenvalue weighted by molar-refractivity contribution is -0.136. The van der Waals surface area contributed by atoms with Gasteiger partial charge >= 0.3 is 5.97 Å². The van der Waals surface area contributed by atoms with Crippen LogP contribution in [0.15, 0.2) is 16.8 Å². The van der Waals surface area contributed by atoms with Gasteiger partial charge < -0.3 is 10.1 Å². The van der Waals surface area contributed by atoms with E-state index in [9.17, 15) is 13.6 Å². The maximum absolute atomic E-state index is 11.8. The number of nitrogens with one attached hydrogen (secondary N) is 1. The largest absolute Gasteiger partial charge is 0.464 e. The molecule has 6 heteroatoms. The van der Waals surface area contributed by atoms with Crippen LogP contribution in [0.25, 0.3) is 0 Å². The van der Waals surface area contributed by atoms with E-state index < -0.39 is 18.9 Å². The Morgan fingerprint density at radius 1 is 1.64 bits per heavy atom. The SMILES string of the molecule is CN=C/C=C(\NCC(F)F)C(=O)OC. The first-order valence-corrected chi connectivity index (χ1v) is 3.84. The van der Waals surface area contributed by atoms with Crippen LogP contribution in [0, 0.1) is 0 Å². The lowest BCUT2D eigenvalue weighted by Crippen LogP contribution is -2.26. The molecule has 0 atom stereocenters. The highest BCUT2D eigenvalue weighted by Crippen LogP contribution is 1.95. The van der Waals surface area contributed by atoms with Crippen LogP contribution in [-0.4, -0.2) is 39.3 Å². The van der Waals surface area contributed by atoms with Crippen molar-refractivity contribution in [1.82, 2.24) is 5.32 Å². The summed E-state index contributed by atoms with van der Waals surface area (Å²) in [5, 5.41) is 2.25. The van der Waals surface area contributed by atoms with Crippen molar-refractivity contribution in [2.45, 2.75) is 6.43 Å². The van der Waals surface area contributed by atoms with Crippen molar-refractivity contribution in [3.8, 4) is 0 Å². The quantitative estimate of drug-likeness (QED) is 0.407. The van der Waals surface area contributed by atoms with Gasteiger partial charge in [0.25, 0.3) is 6.43 Å². The standard InChI is InChI=1S/C8H12F2N2O2/c1-11-4-3-6(8(13)14-2)12-5-7(9)10/h3-4,7,12H,5H2,1-2H3/b6-3-,11-4?. The number of rotatable bonds is 5. The van der Waals surface area contributed by atoms with Gasteiger partial charge in [0.2, 0.25) is 0 Å². The molecule has 0 spiro atoms. The highest BCUT2D eigenvalue weighted by molar-refractivity contribution is 5.92. The number of allylic oxidation sites excluding steroid dienone is 1. The van der Waals surface area contributed by atoms with E-state index in [4.69, 9.17) is 0 Å². The van der Waals surface area contributed by atoms with Crippen molar-refractivity contribution >= 4 is 12.2 Å². The number of esters is 1. The molecule has 1 N–H and O–H groups in total. The monoisotopic (exact) mass is 206 g/mol. The normalized spacial score (nSPS) is 12.2. The molecule has 0 saturated heterocycles. The van der Waals surface area contributed by atoms with Gasteiger partial charge in [0, 0.05) is 13.3 Å². The van der Waals surface area contributed by atoms with Crippen LogP contribution in [0.5, 0.6) is 0 Å². The number of halogens is 2. The maximum Gasteiger partial charge on any atom is 0.354 e. The zero-order valence-electron chi connectivity index (χ0n) is 7.96. The molecule has 14 heavy (non-hydrogen) atoms. The molecular weight excluding hydrogens is 194 g/mol. The predicted molar refractivity (Wildman–Crippen MR) is 48.5 cm³/mol. The van der Waals surface area contributed by atoms with Crippen molar-refractivity contribution in [3.63, 3.8) is 0 Å². The molecule has 4 nitrogen and oxygen atoms in total. The summed E-state index contributed by atoms with van der Waals surface area (Å²) in [7, 11) is 2.67. The molecule has 0 saturated carbocycles. The highest BCUT2D eigenvalue weighted by atomic mass is 19.3. The maximum atomic E-state index is 11.8. The second-order valence-corrected chi connectivity index (χ2v) is 2.25. The lowest BCUT2D eigenvalue weighted by Gasteiger charge is -2.07. The molecule has 0 aromatic heterocycles. The lowest BCUT2D eigenvalue weighted by atomic mass is 10.4.